The summed E-state index contributed by atoms with van der Waals surface area (Å²) in [5, 5.41) is 3.20. The molecule has 1 amide bonds. The standard InChI is InChI=1S/C23H29NO2/c1-4-21(19-14-13-17-9-5-6-10-18(17)15-19)24-23(25)20-11-7-8-12-22(20)26-16(2)3/h7-8,11-16,21H,4-6,9-10H2,1-3H3,(H,24,25). The SMILES string of the molecule is CCC(NC(=O)c1ccccc1OC(C)C)c1ccc2c(c1)CCCC2. The number of carbonyl (C=O) groups is 1. The van der Waals surface area contributed by atoms with Gasteiger partial charge < -0.3 is 10.1 Å². The van der Waals surface area contributed by atoms with Gasteiger partial charge in [-0.25, -0.2) is 0 Å². The molecule has 3 heteroatoms. The van der Waals surface area contributed by atoms with Crippen LogP contribution in [0, 0.1) is 0 Å². The maximum atomic E-state index is 12.9. The third-order valence-electron chi connectivity index (χ3n) is 4.98. The minimum absolute atomic E-state index is 0.0156. The topological polar surface area (TPSA) is 38.3 Å². The van der Waals surface area contributed by atoms with Crippen molar-refractivity contribution in [3.8, 4) is 5.75 Å². The lowest BCUT2D eigenvalue weighted by Crippen LogP contribution is -2.29. The Morgan fingerprint density at radius 2 is 1.81 bits per heavy atom. The molecule has 1 aliphatic carbocycles. The summed E-state index contributed by atoms with van der Waals surface area (Å²) in [4.78, 5) is 12.9. The van der Waals surface area contributed by atoms with Crippen molar-refractivity contribution in [1.82, 2.24) is 5.32 Å². The van der Waals surface area contributed by atoms with Crippen LogP contribution >= 0.6 is 0 Å². The highest BCUT2D eigenvalue weighted by atomic mass is 16.5. The molecule has 1 unspecified atom stereocenters. The summed E-state index contributed by atoms with van der Waals surface area (Å²) in [7, 11) is 0. The summed E-state index contributed by atoms with van der Waals surface area (Å²) in [6.45, 7) is 6.05. The third kappa shape index (κ3) is 4.27. The van der Waals surface area contributed by atoms with E-state index in [2.05, 4.69) is 30.4 Å². The molecule has 1 aliphatic rings. The molecule has 2 aromatic rings. The molecular weight excluding hydrogens is 322 g/mol. The van der Waals surface area contributed by atoms with Crippen molar-refractivity contribution in [2.45, 2.75) is 65.0 Å². The van der Waals surface area contributed by atoms with Gasteiger partial charge in [0.05, 0.1) is 17.7 Å². The lowest BCUT2D eigenvalue weighted by Gasteiger charge is -2.22. The Bertz CT molecular complexity index is 767. The number of hydrogen-bond donors (Lipinski definition) is 1. The fraction of sp³-hybridized carbons (Fsp3) is 0.435. The minimum Gasteiger partial charge on any atom is -0.490 e. The summed E-state index contributed by atoms with van der Waals surface area (Å²) >= 11 is 0. The van der Waals surface area contributed by atoms with E-state index in [1.807, 2.05) is 38.1 Å². The van der Waals surface area contributed by atoms with Gasteiger partial charge in [-0.05, 0) is 74.8 Å². The number of carbonyl (C=O) groups excluding carboxylic acids is 1. The molecule has 0 radical (unpaired) electrons. The molecule has 138 valence electrons. The van der Waals surface area contributed by atoms with E-state index >= 15 is 0 Å². The molecule has 0 spiro atoms. The Labute approximate surface area is 156 Å². The summed E-state index contributed by atoms with van der Waals surface area (Å²) < 4.78 is 5.80. The first-order valence-corrected chi connectivity index (χ1v) is 9.76. The number of hydrogen-bond acceptors (Lipinski definition) is 2. The van der Waals surface area contributed by atoms with Crippen molar-refractivity contribution >= 4 is 5.91 Å². The number of aryl methyl sites for hydroxylation is 2. The van der Waals surface area contributed by atoms with Crippen LogP contribution in [0.25, 0.3) is 0 Å². The van der Waals surface area contributed by atoms with Crippen molar-refractivity contribution in [3.05, 3.63) is 64.7 Å². The molecule has 2 aromatic carbocycles. The van der Waals surface area contributed by atoms with Crippen LogP contribution in [0.2, 0.25) is 0 Å². The third-order valence-corrected chi connectivity index (χ3v) is 4.98. The van der Waals surface area contributed by atoms with Gasteiger partial charge in [0.2, 0.25) is 0 Å². The highest BCUT2D eigenvalue weighted by molar-refractivity contribution is 5.97. The van der Waals surface area contributed by atoms with E-state index in [4.69, 9.17) is 4.74 Å². The van der Waals surface area contributed by atoms with Gasteiger partial charge >= 0.3 is 0 Å². The summed E-state index contributed by atoms with van der Waals surface area (Å²) in [5.74, 6) is 0.561. The van der Waals surface area contributed by atoms with E-state index in [1.165, 1.54) is 36.0 Å². The number of benzene rings is 2. The summed E-state index contributed by atoms with van der Waals surface area (Å²) in [5.41, 5.74) is 4.71. The normalized spacial score (nSPS) is 14.6. The van der Waals surface area contributed by atoms with E-state index in [0.717, 1.165) is 12.8 Å². The van der Waals surface area contributed by atoms with Crippen molar-refractivity contribution in [1.29, 1.82) is 0 Å². The van der Waals surface area contributed by atoms with E-state index < -0.39 is 0 Å². The molecule has 1 N–H and O–H groups in total. The summed E-state index contributed by atoms with van der Waals surface area (Å²) in [6.07, 6.45) is 5.77. The Kier molecular flexibility index (Phi) is 5.97. The maximum Gasteiger partial charge on any atom is 0.255 e. The van der Waals surface area contributed by atoms with Crippen LogP contribution in [0.3, 0.4) is 0 Å². The first-order valence-electron chi connectivity index (χ1n) is 9.76. The minimum atomic E-state index is -0.0779. The average molecular weight is 351 g/mol. The van der Waals surface area contributed by atoms with Crippen LogP contribution in [0.4, 0.5) is 0 Å². The van der Waals surface area contributed by atoms with Crippen LogP contribution in [0.5, 0.6) is 5.75 Å². The maximum absolute atomic E-state index is 12.9. The molecule has 0 aromatic heterocycles. The lowest BCUT2D eigenvalue weighted by atomic mass is 9.88. The number of amides is 1. The molecule has 26 heavy (non-hydrogen) atoms. The summed E-state index contributed by atoms with van der Waals surface area (Å²) in [6, 6.07) is 14.2. The Hall–Kier alpha value is -2.29. The molecule has 0 bridgehead atoms. The lowest BCUT2D eigenvalue weighted by molar-refractivity contribution is 0.0929. The van der Waals surface area contributed by atoms with Gasteiger partial charge in [0, 0.05) is 0 Å². The highest BCUT2D eigenvalue weighted by Crippen LogP contribution is 2.27. The predicted octanol–water partition coefficient (Wildman–Crippen LogP) is 5.23. The molecule has 0 saturated carbocycles. The van der Waals surface area contributed by atoms with Gasteiger partial charge in [0.1, 0.15) is 5.75 Å². The van der Waals surface area contributed by atoms with Gasteiger partial charge in [0.25, 0.3) is 5.91 Å². The van der Waals surface area contributed by atoms with Gasteiger partial charge in [-0.1, -0.05) is 37.3 Å². The molecule has 3 nitrogen and oxygen atoms in total. The Morgan fingerprint density at radius 3 is 2.54 bits per heavy atom. The predicted molar refractivity (Wildman–Crippen MR) is 106 cm³/mol. The Morgan fingerprint density at radius 1 is 1.08 bits per heavy atom. The first-order chi connectivity index (χ1) is 12.6. The average Bonchev–Trinajstić information content (AvgIpc) is 2.65. The van der Waals surface area contributed by atoms with Crippen LogP contribution in [-0.2, 0) is 12.8 Å². The fourth-order valence-electron chi connectivity index (χ4n) is 3.64. The molecular formula is C23H29NO2. The van der Waals surface area contributed by atoms with Crippen LogP contribution in [-0.4, -0.2) is 12.0 Å². The largest absolute Gasteiger partial charge is 0.490 e. The van der Waals surface area contributed by atoms with Gasteiger partial charge in [-0.3, -0.25) is 4.79 Å². The second-order valence-corrected chi connectivity index (χ2v) is 7.33. The molecule has 1 atom stereocenters. The molecule has 0 fully saturated rings. The number of fused-ring (bicyclic) bond motifs is 1. The van der Waals surface area contributed by atoms with E-state index in [-0.39, 0.29) is 18.1 Å². The van der Waals surface area contributed by atoms with E-state index in [9.17, 15) is 4.79 Å². The zero-order valence-corrected chi connectivity index (χ0v) is 16.0. The van der Waals surface area contributed by atoms with Crippen LogP contribution in [0.1, 0.15) is 73.1 Å². The molecule has 0 heterocycles. The monoisotopic (exact) mass is 351 g/mol. The second kappa shape index (κ2) is 8.39. The van der Waals surface area contributed by atoms with Crippen molar-refractivity contribution < 1.29 is 9.53 Å². The number of ether oxygens (including phenoxy) is 1. The van der Waals surface area contributed by atoms with Crippen molar-refractivity contribution in [2.75, 3.05) is 0 Å². The van der Waals surface area contributed by atoms with Crippen LogP contribution < -0.4 is 10.1 Å². The fourth-order valence-corrected chi connectivity index (χ4v) is 3.64. The second-order valence-electron chi connectivity index (χ2n) is 7.33. The van der Waals surface area contributed by atoms with E-state index in [1.54, 1.807) is 0 Å². The molecule has 0 aliphatic heterocycles. The first kappa shape index (κ1) is 18.5. The van der Waals surface area contributed by atoms with Crippen molar-refractivity contribution in [3.63, 3.8) is 0 Å². The van der Waals surface area contributed by atoms with Gasteiger partial charge in [-0.2, -0.15) is 0 Å². The van der Waals surface area contributed by atoms with Crippen molar-refractivity contribution in [2.24, 2.45) is 0 Å². The zero-order valence-electron chi connectivity index (χ0n) is 16.0. The van der Waals surface area contributed by atoms with Gasteiger partial charge in [0.15, 0.2) is 0 Å². The smallest absolute Gasteiger partial charge is 0.255 e. The van der Waals surface area contributed by atoms with Gasteiger partial charge in [-0.15, -0.1) is 0 Å². The number of rotatable bonds is 6. The van der Waals surface area contributed by atoms with Crippen LogP contribution in [0.15, 0.2) is 42.5 Å². The zero-order chi connectivity index (χ0) is 18.5. The molecule has 0 saturated heterocycles. The molecule has 3 rings (SSSR count). The number of nitrogens with one attached hydrogen (secondary N) is 1. The quantitative estimate of drug-likeness (QED) is 0.773. The van der Waals surface area contributed by atoms with E-state index in [0.29, 0.717) is 11.3 Å². The number of para-hydroxylation sites is 1. The highest BCUT2D eigenvalue weighted by Gasteiger charge is 2.19. The Balaban J connectivity index is 1.79.